The van der Waals surface area contributed by atoms with E-state index in [1.54, 1.807) is 6.33 Å². The minimum atomic E-state index is -0.179. The number of aromatic nitrogens is 2. The SMILES string of the molecule is CCN(CCC(=O)OC)c1ncnc2c1CCCC2. The van der Waals surface area contributed by atoms with E-state index in [1.165, 1.54) is 31.2 Å². The lowest BCUT2D eigenvalue weighted by Gasteiger charge is -2.26. The van der Waals surface area contributed by atoms with E-state index in [2.05, 4.69) is 21.8 Å². The summed E-state index contributed by atoms with van der Waals surface area (Å²) in [4.78, 5) is 22.2. The highest BCUT2D eigenvalue weighted by molar-refractivity contribution is 5.70. The summed E-state index contributed by atoms with van der Waals surface area (Å²) in [5.74, 6) is 0.817. The van der Waals surface area contributed by atoms with E-state index in [-0.39, 0.29) is 5.97 Å². The van der Waals surface area contributed by atoms with Crippen LogP contribution < -0.4 is 4.90 Å². The Morgan fingerprint density at radius 1 is 1.37 bits per heavy atom. The number of anilines is 1. The highest BCUT2D eigenvalue weighted by Crippen LogP contribution is 2.27. The van der Waals surface area contributed by atoms with E-state index in [9.17, 15) is 4.79 Å². The van der Waals surface area contributed by atoms with Gasteiger partial charge in [-0.1, -0.05) is 0 Å². The van der Waals surface area contributed by atoms with E-state index in [4.69, 9.17) is 4.74 Å². The van der Waals surface area contributed by atoms with Gasteiger partial charge in [0.15, 0.2) is 0 Å². The predicted molar refractivity (Wildman–Crippen MR) is 73.2 cm³/mol. The van der Waals surface area contributed by atoms with Crippen molar-refractivity contribution in [2.45, 2.75) is 39.0 Å². The molecule has 0 spiro atoms. The molecule has 0 N–H and O–H groups in total. The lowest BCUT2D eigenvalue weighted by Crippen LogP contribution is -2.29. The van der Waals surface area contributed by atoms with Crippen molar-refractivity contribution in [1.82, 2.24) is 9.97 Å². The zero-order chi connectivity index (χ0) is 13.7. The fourth-order valence-corrected chi connectivity index (χ4v) is 2.52. The third-order valence-corrected chi connectivity index (χ3v) is 3.60. The molecule has 0 saturated carbocycles. The van der Waals surface area contributed by atoms with Crippen LogP contribution in [-0.2, 0) is 22.4 Å². The fourth-order valence-electron chi connectivity index (χ4n) is 2.52. The van der Waals surface area contributed by atoms with Gasteiger partial charge in [-0.2, -0.15) is 0 Å². The maximum atomic E-state index is 11.3. The highest BCUT2D eigenvalue weighted by Gasteiger charge is 2.19. The summed E-state index contributed by atoms with van der Waals surface area (Å²) >= 11 is 0. The monoisotopic (exact) mass is 263 g/mol. The molecule has 2 rings (SSSR count). The summed E-state index contributed by atoms with van der Waals surface area (Å²) in [6, 6.07) is 0. The molecular formula is C14H21N3O2. The van der Waals surface area contributed by atoms with Crippen molar-refractivity contribution < 1.29 is 9.53 Å². The van der Waals surface area contributed by atoms with Crippen molar-refractivity contribution >= 4 is 11.8 Å². The molecule has 0 aliphatic heterocycles. The number of methoxy groups -OCH3 is 1. The van der Waals surface area contributed by atoms with Crippen LogP contribution in [0, 0.1) is 0 Å². The van der Waals surface area contributed by atoms with Crippen LogP contribution in [0.2, 0.25) is 0 Å². The first-order valence-corrected chi connectivity index (χ1v) is 6.90. The summed E-state index contributed by atoms with van der Waals surface area (Å²) < 4.78 is 4.70. The Labute approximate surface area is 114 Å². The summed E-state index contributed by atoms with van der Waals surface area (Å²) in [6.07, 6.45) is 6.52. The quantitative estimate of drug-likeness (QED) is 0.757. The van der Waals surface area contributed by atoms with Gasteiger partial charge >= 0.3 is 5.97 Å². The number of ether oxygens (including phenoxy) is 1. The highest BCUT2D eigenvalue weighted by atomic mass is 16.5. The third kappa shape index (κ3) is 3.22. The first-order valence-electron chi connectivity index (χ1n) is 6.90. The van der Waals surface area contributed by atoms with E-state index in [0.717, 1.165) is 25.2 Å². The molecule has 0 unspecified atom stereocenters. The van der Waals surface area contributed by atoms with Crippen molar-refractivity contribution in [2.75, 3.05) is 25.1 Å². The van der Waals surface area contributed by atoms with Crippen LogP contribution in [0.25, 0.3) is 0 Å². The first kappa shape index (κ1) is 13.8. The number of hydrogen-bond acceptors (Lipinski definition) is 5. The van der Waals surface area contributed by atoms with Gasteiger partial charge in [0, 0.05) is 24.3 Å². The molecule has 0 amide bonds. The van der Waals surface area contributed by atoms with Crippen molar-refractivity contribution in [3.63, 3.8) is 0 Å². The maximum absolute atomic E-state index is 11.3. The molecule has 0 atom stereocenters. The third-order valence-electron chi connectivity index (χ3n) is 3.60. The summed E-state index contributed by atoms with van der Waals surface area (Å²) in [7, 11) is 1.42. The van der Waals surface area contributed by atoms with Crippen LogP contribution >= 0.6 is 0 Å². The van der Waals surface area contributed by atoms with Crippen molar-refractivity contribution in [2.24, 2.45) is 0 Å². The number of aryl methyl sites for hydroxylation is 1. The van der Waals surface area contributed by atoms with Crippen molar-refractivity contribution in [3.8, 4) is 0 Å². The second-order valence-corrected chi connectivity index (χ2v) is 4.74. The van der Waals surface area contributed by atoms with E-state index in [1.807, 2.05) is 0 Å². The summed E-state index contributed by atoms with van der Waals surface area (Å²) in [6.45, 7) is 3.56. The second-order valence-electron chi connectivity index (χ2n) is 4.74. The molecule has 5 heteroatoms. The Morgan fingerprint density at radius 2 is 2.16 bits per heavy atom. The topological polar surface area (TPSA) is 55.3 Å². The van der Waals surface area contributed by atoms with Crippen LogP contribution in [0.4, 0.5) is 5.82 Å². The number of carbonyl (C=O) groups is 1. The normalized spacial score (nSPS) is 13.8. The molecule has 19 heavy (non-hydrogen) atoms. The van der Waals surface area contributed by atoms with E-state index >= 15 is 0 Å². The van der Waals surface area contributed by atoms with E-state index < -0.39 is 0 Å². The number of fused-ring (bicyclic) bond motifs is 1. The van der Waals surface area contributed by atoms with E-state index in [0.29, 0.717) is 13.0 Å². The van der Waals surface area contributed by atoms with Gasteiger partial charge < -0.3 is 9.64 Å². The molecule has 1 aromatic heterocycles. The Morgan fingerprint density at radius 3 is 2.89 bits per heavy atom. The molecule has 0 bridgehead atoms. The Balaban J connectivity index is 2.16. The second kappa shape index (κ2) is 6.50. The molecule has 1 aliphatic rings. The largest absolute Gasteiger partial charge is 0.469 e. The average molecular weight is 263 g/mol. The van der Waals surface area contributed by atoms with Crippen molar-refractivity contribution in [1.29, 1.82) is 0 Å². The molecule has 0 saturated heterocycles. The number of rotatable bonds is 5. The van der Waals surface area contributed by atoms with Crippen molar-refractivity contribution in [3.05, 3.63) is 17.6 Å². The minimum Gasteiger partial charge on any atom is -0.469 e. The first-order chi connectivity index (χ1) is 9.26. The van der Waals surface area contributed by atoms with Gasteiger partial charge in [-0.3, -0.25) is 4.79 Å². The zero-order valence-corrected chi connectivity index (χ0v) is 11.7. The Kier molecular flexibility index (Phi) is 4.71. The van der Waals surface area contributed by atoms with Crippen LogP contribution in [0.1, 0.15) is 37.4 Å². The molecular weight excluding hydrogens is 242 g/mol. The molecule has 0 radical (unpaired) electrons. The molecule has 1 aliphatic carbocycles. The predicted octanol–water partition coefficient (Wildman–Crippen LogP) is 1.74. The van der Waals surface area contributed by atoms with Gasteiger partial charge in [-0.25, -0.2) is 9.97 Å². The average Bonchev–Trinajstić information content (AvgIpc) is 2.47. The van der Waals surface area contributed by atoms with Gasteiger partial charge in [0.2, 0.25) is 0 Å². The van der Waals surface area contributed by atoms with Gasteiger partial charge in [-0.15, -0.1) is 0 Å². The number of carbonyl (C=O) groups excluding carboxylic acids is 1. The molecule has 0 fully saturated rings. The number of hydrogen-bond donors (Lipinski definition) is 0. The lowest BCUT2D eigenvalue weighted by atomic mass is 9.96. The van der Waals surface area contributed by atoms with Crippen LogP contribution in [0.15, 0.2) is 6.33 Å². The Hall–Kier alpha value is -1.65. The maximum Gasteiger partial charge on any atom is 0.307 e. The Bertz CT molecular complexity index is 448. The van der Waals surface area contributed by atoms with Gasteiger partial charge in [0.1, 0.15) is 12.1 Å². The minimum absolute atomic E-state index is 0.179. The summed E-state index contributed by atoms with van der Waals surface area (Å²) in [5.41, 5.74) is 2.44. The standard InChI is InChI=1S/C14H21N3O2/c1-3-17(9-8-13(18)19-2)14-11-6-4-5-7-12(11)15-10-16-14/h10H,3-9H2,1-2H3. The van der Waals surface area contributed by atoms with Crippen LogP contribution in [0.3, 0.4) is 0 Å². The fraction of sp³-hybridized carbons (Fsp3) is 0.643. The molecule has 1 aromatic rings. The summed E-state index contributed by atoms with van der Waals surface area (Å²) in [5, 5.41) is 0. The van der Waals surface area contributed by atoms with Crippen LogP contribution in [0.5, 0.6) is 0 Å². The molecule has 1 heterocycles. The van der Waals surface area contributed by atoms with Gasteiger partial charge in [-0.05, 0) is 32.6 Å². The molecule has 0 aromatic carbocycles. The van der Waals surface area contributed by atoms with Gasteiger partial charge in [0.25, 0.3) is 0 Å². The number of esters is 1. The number of nitrogens with zero attached hydrogens (tertiary/aromatic N) is 3. The van der Waals surface area contributed by atoms with Crippen LogP contribution in [-0.4, -0.2) is 36.1 Å². The lowest BCUT2D eigenvalue weighted by molar-refractivity contribution is -0.140. The molecule has 5 nitrogen and oxygen atoms in total. The smallest absolute Gasteiger partial charge is 0.307 e. The zero-order valence-electron chi connectivity index (χ0n) is 11.7. The van der Waals surface area contributed by atoms with Gasteiger partial charge in [0.05, 0.1) is 13.5 Å². The molecule has 104 valence electrons.